The molecule has 0 fully saturated rings. The SMILES string of the molecule is CCn1nc(C(=O)NCC(c2cccc(Cl)c2)N(C)C)c2ccccc2c1=O. The van der Waals surface area contributed by atoms with Crippen LogP contribution < -0.4 is 10.9 Å². The zero-order valence-electron chi connectivity index (χ0n) is 16.1. The molecule has 0 aliphatic rings. The monoisotopic (exact) mass is 398 g/mol. The molecule has 0 saturated heterocycles. The number of carbonyl (C=O) groups excluding carboxylic acids is 1. The second kappa shape index (κ2) is 8.54. The Labute approximate surface area is 168 Å². The van der Waals surface area contributed by atoms with Gasteiger partial charge in [0.05, 0.1) is 11.4 Å². The molecular weight excluding hydrogens is 376 g/mol. The van der Waals surface area contributed by atoms with Crippen molar-refractivity contribution in [3.63, 3.8) is 0 Å². The molecule has 0 bridgehead atoms. The summed E-state index contributed by atoms with van der Waals surface area (Å²) in [5, 5.41) is 8.94. The maximum absolute atomic E-state index is 12.9. The average Bonchev–Trinajstić information content (AvgIpc) is 2.68. The largest absolute Gasteiger partial charge is 0.349 e. The van der Waals surface area contributed by atoms with Crippen molar-refractivity contribution in [1.82, 2.24) is 20.0 Å². The Kier molecular flexibility index (Phi) is 6.11. The molecule has 146 valence electrons. The van der Waals surface area contributed by atoms with Crippen LogP contribution in [0.2, 0.25) is 5.02 Å². The van der Waals surface area contributed by atoms with Gasteiger partial charge in [-0.1, -0.05) is 41.9 Å². The lowest BCUT2D eigenvalue weighted by Crippen LogP contribution is -2.36. The molecule has 0 spiro atoms. The minimum Gasteiger partial charge on any atom is -0.349 e. The van der Waals surface area contributed by atoms with Crippen LogP contribution >= 0.6 is 11.6 Å². The van der Waals surface area contributed by atoms with Gasteiger partial charge >= 0.3 is 0 Å². The molecule has 3 aromatic rings. The third-order valence-electron chi connectivity index (χ3n) is 4.70. The van der Waals surface area contributed by atoms with Gasteiger partial charge in [0.2, 0.25) is 0 Å². The number of nitrogens with zero attached hydrogens (tertiary/aromatic N) is 3. The van der Waals surface area contributed by atoms with E-state index in [1.165, 1.54) is 4.68 Å². The van der Waals surface area contributed by atoms with Crippen molar-refractivity contribution in [3.8, 4) is 0 Å². The van der Waals surface area contributed by atoms with Crippen LogP contribution in [0.5, 0.6) is 0 Å². The molecule has 0 saturated carbocycles. The molecule has 1 N–H and O–H groups in total. The number of hydrogen-bond acceptors (Lipinski definition) is 4. The molecule has 28 heavy (non-hydrogen) atoms. The summed E-state index contributed by atoms with van der Waals surface area (Å²) in [6.45, 7) is 2.60. The fraction of sp³-hybridized carbons (Fsp3) is 0.286. The number of amides is 1. The van der Waals surface area contributed by atoms with Gasteiger partial charge < -0.3 is 10.2 Å². The molecule has 2 aromatic carbocycles. The maximum atomic E-state index is 12.9. The highest BCUT2D eigenvalue weighted by molar-refractivity contribution is 6.30. The van der Waals surface area contributed by atoms with Crippen molar-refractivity contribution >= 4 is 28.3 Å². The maximum Gasteiger partial charge on any atom is 0.274 e. The van der Waals surface area contributed by atoms with E-state index >= 15 is 0 Å². The number of aromatic nitrogens is 2. The minimum absolute atomic E-state index is 0.0500. The molecule has 1 amide bonds. The van der Waals surface area contributed by atoms with Gasteiger partial charge in [-0.05, 0) is 44.8 Å². The zero-order chi connectivity index (χ0) is 20.3. The molecule has 1 aromatic heterocycles. The number of likely N-dealkylation sites (N-methyl/N-ethyl adjacent to an activating group) is 1. The van der Waals surface area contributed by atoms with E-state index in [0.29, 0.717) is 28.9 Å². The molecule has 6 nitrogen and oxygen atoms in total. The summed E-state index contributed by atoms with van der Waals surface area (Å²) in [5.74, 6) is -0.313. The second-order valence-corrected chi connectivity index (χ2v) is 7.20. The number of hydrogen-bond donors (Lipinski definition) is 1. The average molecular weight is 399 g/mol. The van der Waals surface area contributed by atoms with Crippen molar-refractivity contribution in [2.45, 2.75) is 19.5 Å². The number of nitrogens with one attached hydrogen (secondary N) is 1. The fourth-order valence-corrected chi connectivity index (χ4v) is 3.40. The summed E-state index contributed by atoms with van der Waals surface area (Å²) >= 11 is 6.12. The highest BCUT2D eigenvalue weighted by atomic mass is 35.5. The number of rotatable bonds is 6. The molecule has 1 heterocycles. The van der Waals surface area contributed by atoms with E-state index in [2.05, 4.69) is 10.4 Å². The minimum atomic E-state index is -0.313. The molecule has 1 unspecified atom stereocenters. The van der Waals surface area contributed by atoms with Gasteiger partial charge in [-0.15, -0.1) is 0 Å². The van der Waals surface area contributed by atoms with Gasteiger partial charge in [0, 0.05) is 23.5 Å². The lowest BCUT2D eigenvalue weighted by Gasteiger charge is -2.25. The molecule has 1 atom stereocenters. The van der Waals surface area contributed by atoms with E-state index in [0.717, 1.165) is 5.56 Å². The van der Waals surface area contributed by atoms with Gasteiger partial charge in [-0.3, -0.25) is 9.59 Å². The summed E-state index contributed by atoms with van der Waals surface area (Å²) in [6.07, 6.45) is 0. The van der Waals surface area contributed by atoms with Crippen LogP contribution in [0.1, 0.15) is 29.0 Å². The Bertz CT molecular complexity index is 1060. The van der Waals surface area contributed by atoms with Crippen LogP contribution in [0, 0.1) is 0 Å². The lowest BCUT2D eigenvalue weighted by atomic mass is 10.1. The Hall–Kier alpha value is -2.70. The molecule has 3 rings (SSSR count). The third kappa shape index (κ3) is 4.08. The number of aryl methyl sites for hydroxylation is 1. The Morgan fingerprint density at radius 2 is 1.89 bits per heavy atom. The summed E-state index contributed by atoms with van der Waals surface area (Å²) in [6, 6.07) is 14.6. The molecule has 0 aliphatic carbocycles. The van der Waals surface area contributed by atoms with Crippen molar-refractivity contribution < 1.29 is 4.79 Å². The van der Waals surface area contributed by atoms with Crippen LogP contribution in [0.4, 0.5) is 0 Å². The molecule has 7 heteroatoms. The predicted molar refractivity (Wildman–Crippen MR) is 112 cm³/mol. The van der Waals surface area contributed by atoms with Crippen molar-refractivity contribution in [3.05, 3.63) is 75.2 Å². The van der Waals surface area contributed by atoms with E-state index in [4.69, 9.17) is 11.6 Å². The fourth-order valence-electron chi connectivity index (χ4n) is 3.20. The number of carbonyl (C=O) groups is 1. The summed E-state index contributed by atoms with van der Waals surface area (Å²) < 4.78 is 1.32. The van der Waals surface area contributed by atoms with Crippen molar-refractivity contribution in [2.75, 3.05) is 20.6 Å². The van der Waals surface area contributed by atoms with Crippen molar-refractivity contribution in [1.29, 1.82) is 0 Å². The molecule has 0 aliphatic heterocycles. The van der Waals surface area contributed by atoms with E-state index in [9.17, 15) is 9.59 Å². The smallest absolute Gasteiger partial charge is 0.274 e. The van der Waals surface area contributed by atoms with Crippen LogP contribution in [0.25, 0.3) is 10.8 Å². The summed E-state index contributed by atoms with van der Waals surface area (Å²) in [7, 11) is 3.89. The first kappa shape index (κ1) is 20.0. The Balaban J connectivity index is 1.90. The number of benzene rings is 2. The topological polar surface area (TPSA) is 67.2 Å². The molecule has 0 radical (unpaired) electrons. The number of fused-ring (bicyclic) bond motifs is 1. The Morgan fingerprint density at radius 3 is 2.54 bits per heavy atom. The highest BCUT2D eigenvalue weighted by Gasteiger charge is 2.19. The standard InChI is InChI=1S/C21H23ClN4O2/c1-4-26-21(28)17-11-6-5-10-16(17)19(24-26)20(27)23-13-18(25(2)3)14-8-7-9-15(22)12-14/h5-12,18H,4,13H2,1-3H3,(H,23,27). The normalized spacial score (nSPS) is 12.3. The van der Waals surface area contributed by atoms with Crippen molar-refractivity contribution in [2.24, 2.45) is 0 Å². The van der Waals surface area contributed by atoms with Gasteiger partial charge in [-0.25, -0.2) is 4.68 Å². The van der Waals surface area contributed by atoms with Gasteiger partial charge in [0.15, 0.2) is 5.69 Å². The zero-order valence-corrected chi connectivity index (χ0v) is 16.9. The second-order valence-electron chi connectivity index (χ2n) is 6.76. The van der Waals surface area contributed by atoms with Crippen LogP contribution in [0.3, 0.4) is 0 Å². The lowest BCUT2D eigenvalue weighted by molar-refractivity contribution is 0.0936. The first-order valence-electron chi connectivity index (χ1n) is 9.12. The molecular formula is C21H23ClN4O2. The van der Waals surface area contributed by atoms with Gasteiger partial charge in [0.25, 0.3) is 11.5 Å². The van der Waals surface area contributed by atoms with Gasteiger partial charge in [0.1, 0.15) is 0 Å². The first-order chi connectivity index (χ1) is 13.4. The summed E-state index contributed by atoms with van der Waals surface area (Å²) in [5.41, 5.74) is 1.06. The van der Waals surface area contributed by atoms with Crippen LogP contribution in [0.15, 0.2) is 53.3 Å². The van der Waals surface area contributed by atoms with Gasteiger partial charge in [-0.2, -0.15) is 5.10 Å². The van der Waals surface area contributed by atoms with E-state index in [1.807, 2.05) is 50.2 Å². The van der Waals surface area contributed by atoms with Crippen LogP contribution in [-0.2, 0) is 6.54 Å². The Morgan fingerprint density at radius 1 is 1.18 bits per heavy atom. The summed E-state index contributed by atoms with van der Waals surface area (Å²) in [4.78, 5) is 27.4. The van der Waals surface area contributed by atoms with E-state index in [-0.39, 0.29) is 23.2 Å². The highest BCUT2D eigenvalue weighted by Crippen LogP contribution is 2.21. The van der Waals surface area contributed by atoms with Crippen LogP contribution in [-0.4, -0.2) is 41.2 Å². The first-order valence-corrected chi connectivity index (χ1v) is 9.50. The number of halogens is 1. The quantitative estimate of drug-likeness (QED) is 0.692. The van der Waals surface area contributed by atoms with E-state index < -0.39 is 0 Å². The van der Waals surface area contributed by atoms with E-state index in [1.54, 1.807) is 24.3 Å². The third-order valence-corrected chi connectivity index (χ3v) is 4.93. The predicted octanol–water partition coefficient (Wildman–Crippen LogP) is 3.10.